The zero-order valence-corrected chi connectivity index (χ0v) is 22.7. The number of carbonyl (C=O) groups is 2. The molecule has 3 saturated carbocycles. The van der Waals surface area contributed by atoms with Gasteiger partial charge in [-0.2, -0.15) is 18.2 Å². The molecule has 4 aliphatic rings. The lowest BCUT2D eigenvalue weighted by atomic mass is 9.61. The predicted octanol–water partition coefficient (Wildman–Crippen LogP) is 4.11. The minimum Gasteiger partial charge on any atom is -0.369 e. The number of hydrogen-bond acceptors (Lipinski definition) is 7. The number of nitrogens with one attached hydrogen (secondary N) is 2. The highest BCUT2D eigenvalue weighted by Crippen LogP contribution is 2.47. The van der Waals surface area contributed by atoms with Crippen LogP contribution in [0.5, 0.6) is 0 Å². The molecule has 2 bridgehead atoms. The molecule has 2 aromatic rings. The van der Waals surface area contributed by atoms with E-state index in [1.54, 1.807) is 29.2 Å². The summed E-state index contributed by atoms with van der Waals surface area (Å²) in [7, 11) is 3.89. The lowest BCUT2D eigenvalue weighted by molar-refractivity contribution is -0.137. The highest BCUT2D eigenvalue weighted by molar-refractivity contribution is 5.94. The van der Waals surface area contributed by atoms with Crippen molar-refractivity contribution in [3.63, 3.8) is 0 Å². The van der Waals surface area contributed by atoms with Gasteiger partial charge in [0, 0.05) is 36.6 Å². The summed E-state index contributed by atoms with van der Waals surface area (Å²) < 4.78 is 41.6. The molecule has 0 unspecified atom stereocenters. The van der Waals surface area contributed by atoms with Crippen LogP contribution in [0.4, 0.5) is 30.6 Å². The largest absolute Gasteiger partial charge is 0.421 e. The number of rotatable bonds is 7. The Balaban J connectivity index is 1.32. The fraction of sp³-hybridized carbons (Fsp3) is 0.571. The Kier molecular flexibility index (Phi) is 7.89. The number of anilines is 3. The number of benzene rings is 1. The van der Waals surface area contributed by atoms with Gasteiger partial charge in [0.2, 0.25) is 11.9 Å². The molecule has 216 valence electrons. The molecule has 2 heterocycles. The van der Waals surface area contributed by atoms with Crippen LogP contribution in [0.3, 0.4) is 0 Å². The van der Waals surface area contributed by atoms with E-state index in [-0.39, 0.29) is 35.6 Å². The van der Waals surface area contributed by atoms with Crippen LogP contribution < -0.4 is 16.4 Å². The Labute approximate surface area is 231 Å². The van der Waals surface area contributed by atoms with E-state index < -0.39 is 29.6 Å². The van der Waals surface area contributed by atoms with Crippen molar-refractivity contribution in [1.82, 2.24) is 19.8 Å². The number of nitrogens with zero attached hydrogens (tertiary/aromatic N) is 4. The molecule has 1 aromatic heterocycles. The number of likely N-dealkylation sites (tertiary alicyclic amines) is 1. The first kappa shape index (κ1) is 28.1. The maximum atomic E-state index is 13.9. The quantitative estimate of drug-likeness (QED) is 0.468. The highest BCUT2D eigenvalue weighted by Gasteiger charge is 2.47. The molecule has 2 amide bonds. The molecule has 2 atom stereocenters. The van der Waals surface area contributed by atoms with Crippen molar-refractivity contribution in [3.8, 4) is 0 Å². The maximum absolute atomic E-state index is 13.9. The van der Waals surface area contributed by atoms with Crippen molar-refractivity contribution < 1.29 is 22.8 Å². The van der Waals surface area contributed by atoms with Crippen LogP contribution in [0, 0.1) is 17.8 Å². The number of fused-ring (bicyclic) bond motifs is 3. The first-order valence-corrected chi connectivity index (χ1v) is 13.8. The van der Waals surface area contributed by atoms with E-state index in [1.165, 1.54) is 0 Å². The first-order chi connectivity index (χ1) is 19.0. The fourth-order valence-corrected chi connectivity index (χ4v) is 6.56. The van der Waals surface area contributed by atoms with Crippen LogP contribution in [-0.4, -0.2) is 70.9 Å². The van der Waals surface area contributed by atoms with Crippen LogP contribution in [0.2, 0.25) is 0 Å². The number of aromatic nitrogens is 2. The van der Waals surface area contributed by atoms with E-state index in [1.807, 2.05) is 7.05 Å². The van der Waals surface area contributed by atoms with Crippen LogP contribution in [-0.2, 0) is 11.0 Å². The predicted molar refractivity (Wildman–Crippen MR) is 145 cm³/mol. The second kappa shape index (κ2) is 11.2. The van der Waals surface area contributed by atoms with Crippen LogP contribution in [0.25, 0.3) is 0 Å². The molecule has 0 radical (unpaired) electrons. The summed E-state index contributed by atoms with van der Waals surface area (Å²) in [4.78, 5) is 37.3. The average molecular weight is 560 g/mol. The molecule has 4 fully saturated rings. The molecule has 4 N–H and O–H groups in total. The minimum absolute atomic E-state index is 0.0328. The standard InChI is InChI=1S/C28H36F3N7O2/c1-37-13-11-20(12-14-37)38(2)26(40)18-7-9-19(10-8-18)34-27-33-15-21(28(29,30)31)25(36-27)35-23-17-5-3-16(4-6-17)22(23)24(32)39/h7-10,15-17,20,22-23H,3-6,11-14H2,1-2H3,(H2,32,39)(H2,33,34,35,36)/t16?,17?,22-,23+/m0/s1. The number of nitrogens with two attached hydrogens (primary N) is 1. The molecule has 1 aliphatic heterocycles. The smallest absolute Gasteiger partial charge is 0.369 e. The summed E-state index contributed by atoms with van der Waals surface area (Å²) in [5.41, 5.74) is 5.72. The fourth-order valence-electron chi connectivity index (χ4n) is 6.56. The van der Waals surface area contributed by atoms with Crippen molar-refractivity contribution in [3.05, 3.63) is 41.6 Å². The third-order valence-corrected chi connectivity index (χ3v) is 8.89. The van der Waals surface area contributed by atoms with Gasteiger partial charge >= 0.3 is 6.18 Å². The minimum atomic E-state index is -4.68. The van der Waals surface area contributed by atoms with E-state index in [0.717, 1.165) is 57.8 Å². The lowest BCUT2D eigenvalue weighted by Crippen LogP contribution is -2.53. The Morgan fingerprint density at radius 3 is 2.25 bits per heavy atom. The van der Waals surface area contributed by atoms with Crippen LogP contribution >= 0.6 is 0 Å². The van der Waals surface area contributed by atoms with Crippen molar-refractivity contribution in [2.45, 2.75) is 56.8 Å². The van der Waals surface area contributed by atoms with E-state index in [4.69, 9.17) is 5.73 Å². The normalized spacial score (nSPS) is 25.4. The van der Waals surface area contributed by atoms with Gasteiger partial charge in [-0.3, -0.25) is 9.59 Å². The summed E-state index contributed by atoms with van der Waals surface area (Å²) in [6, 6.07) is 6.37. The van der Waals surface area contributed by atoms with Gasteiger partial charge in [0.1, 0.15) is 11.4 Å². The SMILES string of the molecule is CN1CCC(N(C)C(=O)c2ccc(Nc3ncc(C(F)(F)F)c(N[C@@H]4C5CCC(CC5)[C@@H]4C(N)=O)n3)cc2)CC1. The van der Waals surface area contributed by atoms with Gasteiger partial charge in [0.05, 0.1) is 5.92 Å². The number of alkyl halides is 3. The number of halogens is 3. The van der Waals surface area contributed by atoms with Crippen LogP contribution in [0.15, 0.2) is 30.5 Å². The Bertz CT molecular complexity index is 1220. The van der Waals surface area contributed by atoms with Gasteiger partial charge in [0.25, 0.3) is 5.91 Å². The van der Waals surface area contributed by atoms with Crippen molar-refractivity contribution in [2.24, 2.45) is 23.5 Å². The highest BCUT2D eigenvalue weighted by atomic mass is 19.4. The van der Waals surface area contributed by atoms with Gasteiger partial charge < -0.3 is 26.2 Å². The Morgan fingerprint density at radius 2 is 1.65 bits per heavy atom. The van der Waals surface area contributed by atoms with Crippen molar-refractivity contribution in [1.29, 1.82) is 0 Å². The molecular formula is C28H36F3N7O2. The summed E-state index contributed by atoms with van der Waals surface area (Å²) in [5, 5.41) is 5.89. The molecular weight excluding hydrogens is 523 g/mol. The monoisotopic (exact) mass is 559 g/mol. The molecule has 12 heteroatoms. The molecule has 3 aliphatic carbocycles. The van der Waals surface area contributed by atoms with E-state index in [9.17, 15) is 22.8 Å². The van der Waals surface area contributed by atoms with Gasteiger partial charge in [0.15, 0.2) is 0 Å². The van der Waals surface area contributed by atoms with E-state index in [2.05, 4.69) is 32.5 Å². The Morgan fingerprint density at radius 1 is 1.02 bits per heavy atom. The van der Waals surface area contributed by atoms with Gasteiger partial charge in [-0.25, -0.2) is 4.98 Å². The molecule has 40 heavy (non-hydrogen) atoms. The van der Waals surface area contributed by atoms with Gasteiger partial charge in [-0.1, -0.05) is 0 Å². The number of primary amides is 1. The van der Waals surface area contributed by atoms with Gasteiger partial charge in [-0.15, -0.1) is 0 Å². The zero-order chi connectivity index (χ0) is 28.6. The molecule has 9 nitrogen and oxygen atoms in total. The maximum Gasteiger partial charge on any atom is 0.421 e. The average Bonchev–Trinajstić information content (AvgIpc) is 2.93. The number of piperidine rings is 1. The lowest BCUT2D eigenvalue weighted by Gasteiger charge is -2.47. The number of hydrogen-bond donors (Lipinski definition) is 3. The van der Waals surface area contributed by atoms with Gasteiger partial charge in [-0.05, 0) is 94.8 Å². The molecule has 0 spiro atoms. The number of carbonyl (C=O) groups excluding carboxylic acids is 2. The Hall–Kier alpha value is -3.41. The number of amides is 2. The topological polar surface area (TPSA) is 116 Å². The second-order valence-corrected chi connectivity index (χ2v) is 11.4. The van der Waals surface area contributed by atoms with Crippen LogP contribution in [0.1, 0.15) is 54.4 Å². The molecule has 1 saturated heterocycles. The third-order valence-electron chi connectivity index (χ3n) is 8.89. The summed E-state index contributed by atoms with van der Waals surface area (Å²) >= 11 is 0. The molecule has 1 aromatic carbocycles. The first-order valence-electron chi connectivity index (χ1n) is 13.8. The zero-order valence-electron chi connectivity index (χ0n) is 22.7. The summed E-state index contributed by atoms with van der Waals surface area (Å²) in [6.45, 7) is 1.89. The summed E-state index contributed by atoms with van der Waals surface area (Å²) in [5.74, 6) is -1.41. The third kappa shape index (κ3) is 5.86. The van der Waals surface area contributed by atoms with Crippen molar-refractivity contribution >= 4 is 29.3 Å². The second-order valence-electron chi connectivity index (χ2n) is 11.4. The van der Waals surface area contributed by atoms with E-state index in [0.29, 0.717) is 11.3 Å². The van der Waals surface area contributed by atoms with E-state index >= 15 is 0 Å². The summed E-state index contributed by atoms with van der Waals surface area (Å²) in [6.07, 6.45) is 1.27. The molecule has 6 rings (SSSR count). The van der Waals surface area contributed by atoms with Crippen molar-refractivity contribution in [2.75, 3.05) is 37.8 Å².